The predicted octanol–water partition coefficient (Wildman–Crippen LogP) is 2.82. The van der Waals surface area contributed by atoms with Crippen LogP contribution in [0.25, 0.3) is 0 Å². The van der Waals surface area contributed by atoms with Crippen LogP contribution in [0, 0.1) is 0 Å². The van der Waals surface area contributed by atoms with Crippen LogP contribution >= 0.6 is 0 Å². The summed E-state index contributed by atoms with van der Waals surface area (Å²) < 4.78 is 10.9. The lowest BCUT2D eigenvalue weighted by Crippen LogP contribution is -2.60. The molecule has 6 heteroatoms. The third-order valence-electron chi connectivity index (χ3n) is 4.81. The number of rotatable bonds is 11. The molecule has 1 aliphatic carbocycles. The zero-order chi connectivity index (χ0) is 19.4. The Morgan fingerprint density at radius 1 is 1.07 bits per heavy atom. The number of unbranched alkanes of at least 4 members (excludes halogenated alkanes) is 1. The second-order valence-corrected chi connectivity index (χ2v) is 7.01. The van der Waals surface area contributed by atoms with Crippen molar-refractivity contribution >= 4 is 11.8 Å². The number of carbonyl (C=O) groups excluding carboxylic acids is 2. The Bertz CT molecular complexity index is 571. The largest absolute Gasteiger partial charge is 0.491 e. The molecule has 0 bridgehead atoms. The van der Waals surface area contributed by atoms with Crippen LogP contribution < -0.4 is 15.4 Å². The van der Waals surface area contributed by atoms with Crippen molar-refractivity contribution in [1.29, 1.82) is 0 Å². The molecule has 0 aliphatic heterocycles. The summed E-state index contributed by atoms with van der Waals surface area (Å²) in [5, 5.41) is 5.93. The highest BCUT2D eigenvalue weighted by Gasteiger charge is 2.40. The van der Waals surface area contributed by atoms with Gasteiger partial charge in [-0.15, -0.1) is 0 Å². The number of ether oxygens (including phenoxy) is 2. The molecule has 2 rings (SSSR count). The number of nitrogens with one attached hydrogen (secondary N) is 2. The fraction of sp³-hybridized carbons (Fsp3) is 0.619. The van der Waals surface area contributed by atoms with Crippen molar-refractivity contribution in [3.63, 3.8) is 0 Å². The summed E-state index contributed by atoms with van der Waals surface area (Å²) in [4.78, 5) is 25.0. The lowest BCUT2D eigenvalue weighted by molar-refractivity contribution is -0.137. The fourth-order valence-electron chi connectivity index (χ4n) is 3.32. The Balaban J connectivity index is 1.73. The van der Waals surface area contributed by atoms with E-state index in [4.69, 9.17) is 9.47 Å². The Hall–Kier alpha value is -2.08. The van der Waals surface area contributed by atoms with Gasteiger partial charge in [0.25, 0.3) is 0 Å². The first-order chi connectivity index (χ1) is 13.2. The second-order valence-electron chi connectivity index (χ2n) is 7.01. The molecule has 0 saturated heterocycles. The van der Waals surface area contributed by atoms with E-state index in [9.17, 15) is 9.59 Å². The molecule has 0 atom stereocenters. The normalized spacial score (nSPS) is 15.7. The van der Waals surface area contributed by atoms with Crippen molar-refractivity contribution in [2.45, 2.75) is 57.4 Å². The SMILES string of the molecule is CCCCNC(=O)C1(NC(=O)COCCOc2ccccc2)CCCCC1. The van der Waals surface area contributed by atoms with Crippen LogP contribution in [0.3, 0.4) is 0 Å². The van der Waals surface area contributed by atoms with Crippen LogP contribution in [-0.4, -0.2) is 43.7 Å². The van der Waals surface area contributed by atoms with E-state index in [0.29, 0.717) is 32.6 Å². The van der Waals surface area contributed by atoms with Crippen molar-refractivity contribution in [3.8, 4) is 5.75 Å². The van der Waals surface area contributed by atoms with Crippen molar-refractivity contribution in [1.82, 2.24) is 10.6 Å². The summed E-state index contributed by atoms with van der Waals surface area (Å²) in [5.41, 5.74) is -0.785. The minimum absolute atomic E-state index is 0.0589. The van der Waals surface area contributed by atoms with Crippen molar-refractivity contribution in [3.05, 3.63) is 30.3 Å². The van der Waals surface area contributed by atoms with Gasteiger partial charge in [-0.1, -0.05) is 50.8 Å². The van der Waals surface area contributed by atoms with E-state index < -0.39 is 5.54 Å². The summed E-state index contributed by atoms with van der Waals surface area (Å²) in [7, 11) is 0. The molecule has 0 aromatic heterocycles. The summed E-state index contributed by atoms with van der Waals surface area (Å²) in [5.74, 6) is 0.467. The lowest BCUT2D eigenvalue weighted by atomic mass is 9.80. The van der Waals surface area contributed by atoms with Crippen molar-refractivity contribution in [2.24, 2.45) is 0 Å². The van der Waals surface area contributed by atoms with Crippen LogP contribution in [0.5, 0.6) is 5.75 Å². The van der Waals surface area contributed by atoms with Gasteiger partial charge < -0.3 is 20.1 Å². The first-order valence-electron chi connectivity index (χ1n) is 10.0. The van der Waals surface area contributed by atoms with Gasteiger partial charge in [0.2, 0.25) is 11.8 Å². The molecule has 1 aliphatic rings. The van der Waals surface area contributed by atoms with Crippen LogP contribution in [0.2, 0.25) is 0 Å². The third kappa shape index (κ3) is 7.21. The standard InChI is InChI=1S/C21H32N2O4/c1-2-3-14-22-20(25)21(12-8-5-9-13-21)23-19(24)17-26-15-16-27-18-10-6-4-7-11-18/h4,6-7,10-11H,2-3,5,8-9,12-17H2,1H3,(H,22,25)(H,23,24). The van der Waals surface area contributed by atoms with Gasteiger partial charge in [-0.2, -0.15) is 0 Å². The van der Waals surface area contributed by atoms with E-state index >= 15 is 0 Å². The summed E-state index contributed by atoms with van der Waals surface area (Å²) in [6.45, 7) is 3.36. The van der Waals surface area contributed by atoms with Gasteiger partial charge in [0, 0.05) is 6.54 Å². The molecule has 1 aromatic rings. The van der Waals surface area contributed by atoms with E-state index in [1.54, 1.807) is 0 Å². The second kappa shape index (κ2) is 11.6. The van der Waals surface area contributed by atoms with E-state index in [0.717, 1.165) is 37.9 Å². The topological polar surface area (TPSA) is 76.7 Å². The number of carbonyl (C=O) groups is 2. The third-order valence-corrected chi connectivity index (χ3v) is 4.81. The molecule has 1 fully saturated rings. The molecule has 1 aromatic carbocycles. The first kappa shape index (κ1) is 21.2. The Morgan fingerprint density at radius 3 is 2.52 bits per heavy atom. The quantitative estimate of drug-likeness (QED) is 0.582. The smallest absolute Gasteiger partial charge is 0.246 e. The molecule has 0 heterocycles. The predicted molar refractivity (Wildman–Crippen MR) is 105 cm³/mol. The molecule has 2 amide bonds. The van der Waals surface area contributed by atoms with Crippen LogP contribution in [0.4, 0.5) is 0 Å². The van der Waals surface area contributed by atoms with Gasteiger partial charge in [0.1, 0.15) is 24.5 Å². The average Bonchev–Trinajstić information content (AvgIpc) is 2.69. The van der Waals surface area contributed by atoms with E-state index in [1.807, 2.05) is 30.3 Å². The number of hydrogen-bond donors (Lipinski definition) is 2. The Kier molecular flexibility index (Phi) is 9.11. The molecule has 0 unspecified atom stereocenters. The molecular weight excluding hydrogens is 344 g/mol. The van der Waals surface area contributed by atoms with Crippen molar-refractivity contribution in [2.75, 3.05) is 26.4 Å². The molecule has 6 nitrogen and oxygen atoms in total. The Labute approximate surface area is 162 Å². The molecule has 2 N–H and O–H groups in total. The monoisotopic (exact) mass is 376 g/mol. The van der Waals surface area contributed by atoms with Crippen LogP contribution in [0.15, 0.2) is 30.3 Å². The Morgan fingerprint density at radius 2 is 1.81 bits per heavy atom. The maximum Gasteiger partial charge on any atom is 0.246 e. The summed E-state index contributed by atoms with van der Waals surface area (Å²) >= 11 is 0. The zero-order valence-electron chi connectivity index (χ0n) is 16.3. The van der Waals surface area contributed by atoms with Gasteiger partial charge in [0.15, 0.2) is 0 Å². The number of benzene rings is 1. The maximum atomic E-state index is 12.7. The molecule has 150 valence electrons. The minimum atomic E-state index is -0.785. The lowest BCUT2D eigenvalue weighted by Gasteiger charge is -2.36. The highest BCUT2D eigenvalue weighted by molar-refractivity contribution is 5.91. The fourth-order valence-corrected chi connectivity index (χ4v) is 3.32. The van der Waals surface area contributed by atoms with Crippen LogP contribution in [-0.2, 0) is 14.3 Å². The van der Waals surface area contributed by atoms with Gasteiger partial charge in [-0.25, -0.2) is 0 Å². The minimum Gasteiger partial charge on any atom is -0.491 e. The van der Waals surface area contributed by atoms with Gasteiger partial charge in [-0.05, 0) is 31.4 Å². The maximum absolute atomic E-state index is 12.7. The van der Waals surface area contributed by atoms with Gasteiger partial charge in [0.05, 0.1) is 6.61 Å². The van der Waals surface area contributed by atoms with Gasteiger partial charge in [-0.3, -0.25) is 9.59 Å². The molecular formula is C21H32N2O4. The van der Waals surface area contributed by atoms with E-state index in [1.165, 1.54) is 0 Å². The van der Waals surface area contributed by atoms with E-state index in [-0.39, 0.29) is 18.4 Å². The summed E-state index contributed by atoms with van der Waals surface area (Å²) in [6, 6.07) is 9.47. The molecule has 27 heavy (non-hydrogen) atoms. The van der Waals surface area contributed by atoms with Crippen LogP contribution in [0.1, 0.15) is 51.9 Å². The first-order valence-corrected chi connectivity index (χ1v) is 10.0. The number of hydrogen-bond acceptors (Lipinski definition) is 4. The average molecular weight is 376 g/mol. The zero-order valence-corrected chi connectivity index (χ0v) is 16.3. The molecule has 1 saturated carbocycles. The van der Waals surface area contributed by atoms with E-state index in [2.05, 4.69) is 17.6 Å². The van der Waals surface area contributed by atoms with Gasteiger partial charge >= 0.3 is 0 Å². The highest BCUT2D eigenvalue weighted by Crippen LogP contribution is 2.28. The number of para-hydroxylation sites is 1. The summed E-state index contributed by atoms with van der Waals surface area (Å²) in [6.07, 6.45) is 6.36. The van der Waals surface area contributed by atoms with Crippen molar-refractivity contribution < 1.29 is 19.1 Å². The molecule has 0 spiro atoms. The molecule has 0 radical (unpaired) electrons. The number of amides is 2. The highest BCUT2D eigenvalue weighted by atomic mass is 16.5.